The van der Waals surface area contributed by atoms with Crippen LogP contribution in [0.25, 0.3) is 11.1 Å². The lowest BCUT2D eigenvalue weighted by Gasteiger charge is -1.98. The van der Waals surface area contributed by atoms with Crippen molar-refractivity contribution in [2.45, 2.75) is 0 Å². The summed E-state index contributed by atoms with van der Waals surface area (Å²) in [6.07, 6.45) is 0. The summed E-state index contributed by atoms with van der Waals surface area (Å²) in [5.74, 6) is 0. The van der Waals surface area contributed by atoms with Crippen molar-refractivity contribution < 1.29 is 0 Å². The molecule has 0 spiro atoms. The van der Waals surface area contributed by atoms with Crippen molar-refractivity contribution in [3.05, 3.63) is 73.8 Å². The van der Waals surface area contributed by atoms with Crippen molar-refractivity contribution in [3.63, 3.8) is 0 Å². The van der Waals surface area contributed by atoms with E-state index in [0.29, 0.717) is 0 Å². The van der Waals surface area contributed by atoms with Gasteiger partial charge in [-0.05, 0) is 11.1 Å². The van der Waals surface area contributed by atoms with E-state index in [1.807, 2.05) is 12.1 Å². The number of benzene rings is 2. The van der Waals surface area contributed by atoms with Crippen LogP contribution in [0.15, 0.2) is 73.8 Å². The first-order chi connectivity index (χ1) is 6.97. The fraction of sp³-hybridized carbons (Fsp3) is 0. The zero-order valence-electron chi connectivity index (χ0n) is 8.89. The second-order valence-corrected chi connectivity index (χ2v) is 2.73. The van der Waals surface area contributed by atoms with Gasteiger partial charge in [0.25, 0.3) is 0 Å². The molecule has 1 unspecified atom stereocenters. The summed E-state index contributed by atoms with van der Waals surface area (Å²) in [6, 6.07) is 20.8. The molecule has 2 aromatic rings. The lowest BCUT2D eigenvalue weighted by molar-refractivity contribution is 1.62. The van der Waals surface area contributed by atoms with E-state index in [-0.39, 0.29) is 9.90 Å². The van der Waals surface area contributed by atoms with Crippen molar-refractivity contribution in [1.82, 2.24) is 0 Å². The monoisotopic (exact) mass is 216 g/mol. The molecule has 0 heterocycles. The Bertz CT molecular complexity index is 316. The Hall–Kier alpha value is -1.39. The first kappa shape index (κ1) is 13.6. The summed E-state index contributed by atoms with van der Waals surface area (Å²) < 4.78 is 0. The molecule has 0 aliphatic rings. The molecule has 0 saturated heterocycles. The van der Waals surface area contributed by atoms with Crippen LogP contribution in [0, 0.1) is 0 Å². The third kappa shape index (κ3) is 4.10. The molecule has 15 heavy (non-hydrogen) atoms. The van der Waals surface area contributed by atoms with Crippen LogP contribution in [0.2, 0.25) is 0 Å². The normalized spacial score (nSPS) is 8.00. The molecular formula is C14H17P. The van der Waals surface area contributed by atoms with Crippen LogP contribution in [-0.4, -0.2) is 0 Å². The van der Waals surface area contributed by atoms with E-state index in [2.05, 4.69) is 61.7 Å². The molecule has 0 N–H and O–H groups in total. The highest BCUT2D eigenvalue weighted by atomic mass is 31.0. The molecule has 2 aromatic carbocycles. The summed E-state index contributed by atoms with van der Waals surface area (Å²) in [5.41, 5.74) is 2.55. The lowest BCUT2D eigenvalue weighted by Crippen LogP contribution is -1.73. The zero-order chi connectivity index (χ0) is 10.2. The summed E-state index contributed by atoms with van der Waals surface area (Å²) >= 11 is 0. The highest BCUT2D eigenvalue weighted by Gasteiger charge is 1.91. The fourth-order valence-electron chi connectivity index (χ4n) is 1.26. The van der Waals surface area contributed by atoms with E-state index in [9.17, 15) is 0 Å². The zero-order valence-corrected chi connectivity index (χ0v) is 10.3. The number of rotatable bonds is 1. The van der Waals surface area contributed by atoms with Crippen LogP contribution >= 0.6 is 9.90 Å². The minimum atomic E-state index is 0. The third-order valence-electron chi connectivity index (χ3n) is 1.88. The van der Waals surface area contributed by atoms with Crippen molar-refractivity contribution in [1.29, 1.82) is 0 Å². The van der Waals surface area contributed by atoms with Gasteiger partial charge in [-0.1, -0.05) is 60.7 Å². The van der Waals surface area contributed by atoms with Gasteiger partial charge in [-0.2, -0.15) is 9.90 Å². The molecule has 2 rings (SSSR count). The van der Waals surface area contributed by atoms with Gasteiger partial charge in [-0.25, -0.2) is 0 Å². The highest BCUT2D eigenvalue weighted by Crippen LogP contribution is 2.17. The van der Waals surface area contributed by atoms with E-state index in [0.717, 1.165) is 0 Å². The Morgan fingerprint density at radius 3 is 1.07 bits per heavy atom. The largest absolute Gasteiger partial charge is 0.153 e. The molecule has 0 saturated carbocycles. The lowest BCUT2D eigenvalue weighted by atomic mass is 10.1. The van der Waals surface area contributed by atoms with Crippen molar-refractivity contribution in [3.8, 4) is 11.1 Å². The molecule has 0 radical (unpaired) electrons. The van der Waals surface area contributed by atoms with Crippen molar-refractivity contribution in [2.75, 3.05) is 0 Å². The van der Waals surface area contributed by atoms with Gasteiger partial charge in [0.15, 0.2) is 0 Å². The highest BCUT2D eigenvalue weighted by molar-refractivity contribution is 6.92. The Morgan fingerprint density at radius 1 is 0.533 bits per heavy atom. The third-order valence-corrected chi connectivity index (χ3v) is 1.88. The summed E-state index contributed by atoms with van der Waals surface area (Å²) in [5, 5.41) is 0. The van der Waals surface area contributed by atoms with Crippen LogP contribution < -0.4 is 0 Å². The maximum atomic E-state index is 3.00. The molecule has 0 aliphatic heterocycles. The van der Waals surface area contributed by atoms with Crippen molar-refractivity contribution >= 4 is 9.90 Å². The summed E-state index contributed by atoms with van der Waals surface area (Å²) in [7, 11) is 0. The molecule has 0 aromatic heterocycles. The molecular weight excluding hydrogens is 199 g/mol. The summed E-state index contributed by atoms with van der Waals surface area (Å²) in [6.45, 7) is 6.00. The molecule has 0 nitrogen and oxygen atoms in total. The predicted octanol–water partition coefficient (Wildman–Crippen LogP) is 4.21. The van der Waals surface area contributed by atoms with E-state index >= 15 is 0 Å². The molecule has 0 aliphatic carbocycles. The minimum absolute atomic E-state index is 0. The fourth-order valence-corrected chi connectivity index (χ4v) is 1.26. The van der Waals surface area contributed by atoms with Crippen LogP contribution in [0.3, 0.4) is 0 Å². The molecule has 1 atom stereocenters. The second kappa shape index (κ2) is 7.96. The Kier molecular flexibility index (Phi) is 7.23. The Labute approximate surface area is 95.3 Å². The topological polar surface area (TPSA) is 0 Å². The first-order valence-electron chi connectivity index (χ1n) is 4.57. The quantitative estimate of drug-likeness (QED) is 0.494. The number of hydrogen-bond acceptors (Lipinski definition) is 0. The smallest absolute Gasteiger partial charge is 0.0184 e. The maximum absolute atomic E-state index is 3.00. The average Bonchev–Trinajstić information content (AvgIpc) is 2.34. The van der Waals surface area contributed by atoms with Crippen LogP contribution in [0.4, 0.5) is 0 Å². The molecule has 0 fully saturated rings. The van der Waals surface area contributed by atoms with Crippen LogP contribution in [-0.2, 0) is 0 Å². The number of hydrogen-bond donors (Lipinski definition) is 0. The second-order valence-electron chi connectivity index (χ2n) is 2.73. The average molecular weight is 216 g/mol. The van der Waals surface area contributed by atoms with Gasteiger partial charge >= 0.3 is 0 Å². The first-order valence-corrected chi connectivity index (χ1v) is 4.57. The Morgan fingerprint density at radius 2 is 0.800 bits per heavy atom. The van der Waals surface area contributed by atoms with Crippen molar-refractivity contribution in [2.24, 2.45) is 0 Å². The van der Waals surface area contributed by atoms with Gasteiger partial charge in [-0.15, -0.1) is 13.2 Å². The molecule has 78 valence electrons. The van der Waals surface area contributed by atoms with E-state index in [1.54, 1.807) is 0 Å². The molecule has 1 heteroatoms. The van der Waals surface area contributed by atoms with Crippen LogP contribution in [0.5, 0.6) is 0 Å². The van der Waals surface area contributed by atoms with Gasteiger partial charge in [0, 0.05) is 0 Å². The van der Waals surface area contributed by atoms with Gasteiger partial charge < -0.3 is 0 Å². The van der Waals surface area contributed by atoms with E-state index in [4.69, 9.17) is 0 Å². The van der Waals surface area contributed by atoms with Gasteiger partial charge in [0.1, 0.15) is 0 Å². The summed E-state index contributed by atoms with van der Waals surface area (Å²) in [4.78, 5) is 0. The molecule has 0 bridgehead atoms. The maximum Gasteiger partial charge on any atom is -0.0184 e. The SMILES string of the molecule is C=C.P.c1ccc(-c2ccccc2)cc1. The minimum Gasteiger partial charge on any atom is -0.153 e. The van der Waals surface area contributed by atoms with Gasteiger partial charge in [-0.3, -0.25) is 0 Å². The van der Waals surface area contributed by atoms with Gasteiger partial charge in [0.05, 0.1) is 0 Å². The molecule has 0 amide bonds. The van der Waals surface area contributed by atoms with Gasteiger partial charge in [0.2, 0.25) is 0 Å². The standard InChI is InChI=1S/C12H10.C2H4.H3P/c1-3-7-11(8-4-1)12-9-5-2-6-10-12;1-2;/h1-10H;1-2H2;1H3. The predicted molar refractivity (Wildman–Crippen MR) is 74.2 cm³/mol. The van der Waals surface area contributed by atoms with E-state index in [1.165, 1.54) is 11.1 Å². The Balaban J connectivity index is 0.000000617. The van der Waals surface area contributed by atoms with Crippen LogP contribution in [0.1, 0.15) is 0 Å². The van der Waals surface area contributed by atoms with E-state index < -0.39 is 0 Å².